The van der Waals surface area contributed by atoms with E-state index in [9.17, 15) is 13.2 Å². The highest BCUT2D eigenvalue weighted by molar-refractivity contribution is 5.80. The van der Waals surface area contributed by atoms with E-state index in [2.05, 4.69) is 0 Å². The molecule has 0 saturated heterocycles. The van der Waals surface area contributed by atoms with E-state index in [1.165, 1.54) is 0 Å². The number of alkyl halides is 3. The molecular formula is C18H20F3N3. The van der Waals surface area contributed by atoms with E-state index in [0.29, 0.717) is 13.1 Å². The van der Waals surface area contributed by atoms with Crippen molar-refractivity contribution in [2.45, 2.75) is 19.3 Å². The molecule has 6 heteroatoms. The maximum absolute atomic E-state index is 13.2. The summed E-state index contributed by atoms with van der Waals surface area (Å²) in [6, 6.07) is 18.6. The normalized spacial score (nSPS) is 13.0. The summed E-state index contributed by atoms with van der Waals surface area (Å²) < 4.78 is 39.5. The lowest BCUT2D eigenvalue weighted by Gasteiger charge is -2.28. The summed E-state index contributed by atoms with van der Waals surface area (Å²) in [6.45, 7) is 0.369. The fraction of sp³-hybridized carbons (Fsp3) is 0.278. The van der Waals surface area contributed by atoms with Crippen LogP contribution in [0.4, 0.5) is 13.2 Å². The number of nitrogens with zero attached hydrogens (tertiary/aromatic N) is 1. The van der Waals surface area contributed by atoms with Crippen LogP contribution in [-0.4, -0.2) is 23.5 Å². The second-order valence-electron chi connectivity index (χ2n) is 5.69. The molecule has 2 rings (SSSR count). The van der Waals surface area contributed by atoms with E-state index in [0.717, 1.165) is 11.1 Å². The third-order valence-corrected chi connectivity index (χ3v) is 3.71. The average Bonchev–Trinajstić information content (AvgIpc) is 2.53. The molecule has 0 radical (unpaired) electrons. The van der Waals surface area contributed by atoms with E-state index < -0.39 is 17.9 Å². The van der Waals surface area contributed by atoms with Crippen molar-refractivity contribution in [1.82, 2.24) is 4.90 Å². The molecular weight excluding hydrogens is 315 g/mol. The second kappa shape index (κ2) is 7.97. The first-order valence-corrected chi connectivity index (χ1v) is 7.57. The Morgan fingerprint density at radius 2 is 1.33 bits per heavy atom. The molecule has 0 aliphatic heterocycles. The van der Waals surface area contributed by atoms with Crippen LogP contribution in [0.15, 0.2) is 60.7 Å². The van der Waals surface area contributed by atoms with Gasteiger partial charge in [0.05, 0.1) is 0 Å². The Morgan fingerprint density at radius 1 is 0.917 bits per heavy atom. The number of nitrogens with two attached hydrogens (primary N) is 1. The molecule has 2 aromatic carbocycles. The molecule has 0 fully saturated rings. The van der Waals surface area contributed by atoms with Crippen molar-refractivity contribution in [2.24, 2.45) is 11.7 Å². The van der Waals surface area contributed by atoms with Crippen molar-refractivity contribution >= 4 is 5.84 Å². The van der Waals surface area contributed by atoms with E-state index in [1.54, 1.807) is 4.90 Å². The van der Waals surface area contributed by atoms with Gasteiger partial charge in [-0.25, -0.2) is 0 Å². The number of hydrogen-bond donors (Lipinski definition) is 2. The van der Waals surface area contributed by atoms with Crippen LogP contribution in [0.3, 0.4) is 0 Å². The van der Waals surface area contributed by atoms with Gasteiger partial charge in [-0.15, -0.1) is 0 Å². The highest BCUT2D eigenvalue weighted by atomic mass is 19.4. The van der Waals surface area contributed by atoms with Gasteiger partial charge in [-0.3, -0.25) is 10.3 Å². The molecule has 0 amide bonds. The average molecular weight is 335 g/mol. The second-order valence-corrected chi connectivity index (χ2v) is 5.69. The van der Waals surface area contributed by atoms with Gasteiger partial charge in [0.15, 0.2) is 0 Å². The zero-order valence-electron chi connectivity index (χ0n) is 13.1. The number of nitrogens with one attached hydrogen (secondary N) is 1. The summed E-state index contributed by atoms with van der Waals surface area (Å²) in [5.41, 5.74) is 7.02. The number of benzene rings is 2. The lowest BCUT2D eigenvalue weighted by atomic mass is 10.1. The topological polar surface area (TPSA) is 53.1 Å². The monoisotopic (exact) mass is 335 g/mol. The van der Waals surface area contributed by atoms with Crippen LogP contribution in [0.2, 0.25) is 0 Å². The van der Waals surface area contributed by atoms with E-state index >= 15 is 0 Å². The Kier molecular flexibility index (Phi) is 5.98. The molecule has 0 heterocycles. The van der Waals surface area contributed by atoms with Gasteiger partial charge in [0.25, 0.3) is 0 Å². The maximum atomic E-state index is 13.2. The minimum absolute atomic E-state index is 0.345. The summed E-state index contributed by atoms with van der Waals surface area (Å²) >= 11 is 0. The number of hydrogen-bond acceptors (Lipinski definition) is 2. The summed E-state index contributed by atoms with van der Waals surface area (Å²) in [7, 11) is 0. The molecule has 0 saturated carbocycles. The molecule has 1 unspecified atom stereocenters. The maximum Gasteiger partial charge on any atom is 0.399 e. The van der Waals surface area contributed by atoms with Gasteiger partial charge in [-0.1, -0.05) is 60.7 Å². The Balaban J connectivity index is 2.19. The predicted octanol–water partition coefficient (Wildman–Crippen LogP) is 3.80. The molecule has 0 aliphatic rings. The number of rotatable bonds is 7. The lowest BCUT2D eigenvalue weighted by molar-refractivity contribution is -0.160. The van der Waals surface area contributed by atoms with Gasteiger partial charge in [0.1, 0.15) is 11.8 Å². The molecule has 2 aromatic rings. The van der Waals surface area contributed by atoms with Crippen LogP contribution < -0.4 is 5.73 Å². The zero-order valence-corrected chi connectivity index (χ0v) is 13.1. The van der Waals surface area contributed by atoms with Crippen LogP contribution in [0.5, 0.6) is 0 Å². The van der Waals surface area contributed by atoms with Crippen molar-refractivity contribution in [3.63, 3.8) is 0 Å². The van der Waals surface area contributed by atoms with Crippen molar-refractivity contribution in [3.05, 3.63) is 71.8 Å². The van der Waals surface area contributed by atoms with E-state index in [1.807, 2.05) is 60.7 Å². The fourth-order valence-electron chi connectivity index (χ4n) is 2.50. The molecule has 3 N–H and O–H groups in total. The van der Waals surface area contributed by atoms with Gasteiger partial charge >= 0.3 is 6.18 Å². The van der Waals surface area contributed by atoms with Gasteiger partial charge in [-0.05, 0) is 11.1 Å². The van der Waals surface area contributed by atoms with E-state index in [4.69, 9.17) is 11.1 Å². The summed E-state index contributed by atoms with van der Waals surface area (Å²) in [5, 5.41) is 7.29. The minimum Gasteiger partial charge on any atom is -0.387 e. The Morgan fingerprint density at radius 3 is 1.67 bits per heavy atom. The zero-order chi connectivity index (χ0) is 17.6. The third kappa shape index (κ3) is 5.38. The largest absolute Gasteiger partial charge is 0.399 e. The molecule has 24 heavy (non-hydrogen) atoms. The first-order valence-electron chi connectivity index (χ1n) is 7.57. The van der Waals surface area contributed by atoms with Gasteiger partial charge < -0.3 is 5.73 Å². The molecule has 0 aromatic heterocycles. The minimum atomic E-state index is -4.53. The van der Waals surface area contributed by atoms with Crippen LogP contribution >= 0.6 is 0 Å². The van der Waals surface area contributed by atoms with Crippen LogP contribution in [0.1, 0.15) is 11.1 Å². The summed E-state index contributed by atoms with van der Waals surface area (Å²) in [5.74, 6) is -2.82. The highest BCUT2D eigenvalue weighted by Gasteiger charge is 2.42. The Bertz CT molecular complexity index is 600. The van der Waals surface area contributed by atoms with Crippen molar-refractivity contribution in [1.29, 1.82) is 5.41 Å². The first kappa shape index (κ1) is 18.0. The van der Waals surface area contributed by atoms with Crippen molar-refractivity contribution in [3.8, 4) is 0 Å². The standard InChI is InChI=1S/C18H20F3N3/c19-18(20,21)16(17(22)23)13-24(11-14-7-3-1-4-8-14)12-15-9-5-2-6-10-15/h1-10,16H,11-13H2,(H3,22,23). The summed E-state index contributed by atoms with van der Waals surface area (Å²) in [6.07, 6.45) is -4.53. The van der Waals surface area contributed by atoms with Crippen molar-refractivity contribution in [2.75, 3.05) is 6.54 Å². The fourth-order valence-corrected chi connectivity index (χ4v) is 2.50. The Hall–Kier alpha value is -2.34. The van der Waals surface area contributed by atoms with Crippen LogP contribution in [-0.2, 0) is 13.1 Å². The van der Waals surface area contributed by atoms with Gasteiger partial charge in [0, 0.05) is 19.6 Å². The Labute approximate surface area is 139 Å². The quantitative estimate of drug-likeness (QED) is 0.597. The van der Waals surface area contributed by atoms with Gasteiger partial charge in [0.2, 0.25) is 0 Å². The molecule has 3 nitrogen and oxygen atoms in total. The lowest BCUT2D eigenvalue weighted by Crippen LogP contribution is -2.43. The molecule has 0 bridgehead atoms. The first-order chi connectivity index (χ1) is 11.4. The predicted molar refractivity (Wildman–Crippen MR) is 88.5 cm³/mol. The van der Waals surface area contributed by atoms with E-state index in [-0.39, 0.29) is 6.54 Å². The van der Waals surface area contributed by atoms with Gasteiger partial charge in [-0.2, -0.15) is 13.2 Å². The SMILES string of the molecule is N=C(N)C(CN(Cc1ccccc1)Cc1ccccc1)C(F)(F)F. The molecule has 1 atom stereocenters. The highest BCUT2D eigenvalue weighted by Crippen LogP contribution is 2.28. The molecule has 128 valence electrons. The van der Waals surface area contributed by atoms with Crippen molar-refractivity contribution < 1.29 is 13.2 Å². The summed E-state index contributed by atoms with van der Waals surface area (Å²) in [4.78, 5) is 1.67. The van der Waals surface area contributed by atoms with Crippen LogP contribution in [0.25, 0.3) is 0 Å². The number of halogens is 3. The van der Waals surface area contributed by atoms with Crippen LogP contribution in [0, 0.1) is 11.3 Å². The molecule has 0 spiro atoms. The smallest absolute Gasteiger partial charge is 0.387 e. The third-order valence-electron chi connectivity index (χ3n) is 3.71. The number of amidine groups is 1. The molecule has 0 aliphatic carbocycles.